The maximum atomic E-state index is 11.7. The van der Waals surface area contributed by atoms with Gasteiger partial charge in [-0.25, -0.2) is 4.98 Å². The lowest BCUT2D eigenvalue weighted by Gasteiger charge is -2.12. The lowest BCUT2D eigenvalue weighted by atomic mass is 10.2. The number of nitro benzene ring substituents is 1. The van der Waals surface area contributed by atoms with Crippen LogP contribution >= 0.6 is 34.9 Å². The minimum atomic E-state index is -0.921. The molecule has 0 aliphatic carbocycles. The van der Waals surface area contributed by atoms with Gasteiger partial charge in [-0.05, 0) is 36.8 Å². The highest BCUT2D eigenvalue weighted by molar-refractivity contribution is 8.01. The van der Waals surface area contributed by atoms with Crippen LogP contribution in [0.1, 0.15) is 17.9 Å². The first-order valence-electron chi connectivity index (χ1n) is 9.04. The summed E-state index contributed by atoms with van der Waals surface area (Å²) in [4.78, 5) is 27.5. The number of rotatable bonds is 7. The van der Waals surface area contributed by atoms with Crippen molar-refractivity contribution in [2.45, 2.75) is 27.6 Å². The molecule has 2 N–H and O–H groups in total. The minimum Gasteiger partial charge on any atom is -0.494 e. The highest BCUT2D eigenvalue weighted by Crippen LogP contribution is 2.42. The number of carboxylic acids is 1. The van der Waals surface area contributed by atoms with E-state index in [1.807, 2.05) is 25.1 Å². The summed E-state index contributed by atoms with van der Waals surface area (Å²) in [5.41, 5.74) is 1.48. The molecule has 0 saturated carbocycles. The van der Waals surface area contributed by atoms with Gasteiger partial charge in [-0.15, -0.1) is 23.1 Å². The third-order valence-electron chi connectivity index (χ3n) is 4.41. The summed E-state index contributed by atoms with van der Waals surface area (Å²) in [7, 11) is 0. The molecule has 1 fully saturated rings. The van der Waals surface area contributed by atoms with E-state index in [-0.39, 0.29) is 11.1 Å². The third-order valence-corrected chi connectivity index (χ3v) is 7.82. The highest BCUT2D eigenvalue weighted by atomic mass is 32.2. The zero-order valence-corrected chi connectivity index (χ0v) is 18.2. The van der Waals surface area contributed by atoms with E-state index in [9.17, 15) is 14.9 Å². The van der Waals surface area contributed by atoms with Crippen molar-refractivity contribution in [3.05, 3.63) is 52.1 Å². The number of hydrogen-bond donors (Lipinski definition) is 2. The predicted octanol–water partition coefficient (Wildman–Crippen LogP) is 4.54. The van der Waals surface area contributed by atoms with Gasteiger partial charge in [0.1, 0.15) is 11.8 Å². The minimum absolute atomic E-state index is 0.0204. The Morgan fingerprint density at radius 2 is 2.23 bits per heavy atom. The summed E-state index contributed by atoms with van der Waals surface area (Å²) in [5.74, 6) is 0.261. The van der Waals surface area contributed by atoms with Crippen LogP contribution in [0.15, 0.2) is 45.6 Å². The Morgan fingerprint density at radius 3 is 2.93 bits per heavy atom. The summed E-state index contributed by atoms with van der Waals surface area (Å²) in [6.07, 6.45) is 0. The Balaban J connectivity index is 1.59. The van der Waals surface area contributed by atoms with Crippen LogP contribution in [0.4, 0.5) is 5.69 Å². The number of nitro groups is 1. The molecule has 1 saturated heterocycles. The zero-order chi connectivity index (χ0) is 21.3. The highest BCUT2D eigenvalue weighted by Gasteiger charge is 2.31. The van der Waals surface area contributed by atoms with Gasteiger partial charge in [-0.3, -0.25) is 20.2 Å². The molecule has 0 bridgehead atoms. The van der Waals surface area contributed by atoms with Crippen LogP contribution in [-0.2, 0) is 4.79 Å². The van der Waals surface area contributed by atoms with Crippen LogP contribution in [0.25, 0.3) is 10.2 Å². The van der Waals surface area contributed by atoms with E-state index in [1.165, 1.54) is 40.9 Å². The van der Waals surface area contributed by atoms with E-state index in [1.54, 1.807) is 12.1 Å². The predicted molar refractivity (Wildman–Crippen MR) is 118 cm³/mol. The number of ether oxygens (including phenoxy) is 1. The molecule has 0 amide bonds. The SMILES string of the molecule is CCOc1ccc2nc(Sc3ccc([C@H]4N[C@H](C(=O)O)CS4)cc3[N+](=O)[O-])sc2c1. The molecule has 0 spiro atoms. The molecule has 30 heavy (non-hydrogen) atoms. The average Bonchev–Trinajstić information content (AvgIpc) is 3.35. The van der Waals surface area contributed by atoms with E-state index in [4.69, 9.17) is 9.84 Å². The van der Waals surface area contributed by atoms with E-state index in [0.29, 0.717) is 27.2 Å². The Hall–Kier alpha value is -2.34. The topological polar surface area (TPSA) is 115 Å². The van der Waals surface area contributed by atoms with Crippen LogP contribution in [-0.4, -0.2) is 39.4 Å². The largest absolute Gasteiger partial charge is 0.494 e. The summed E-state index contributed by atoms with van der Waals surface area (Å²) in [5, 5.41) is 23.5. The number of aliphatic carboxylic acids is 1. The monoisotopic (exact) mass is 463 g/mol. The molecule has 0 radical (unpaired) electrons. The van der Waals surface area contributed by atoms with Crippen molar-refractivity contribution in [1.82, 2.24) is 10.3 Å². The molecule has 2 atom stereocenters. The second-order valence-electron chi connectivity index (χ2n) is 6.40. The van der Waals surface area contributed by atoms with Crippen LogP contribution in [0.2, 0.25) is 0 Å². The van der Waals surface area contributed by atoms with Crippen molar-refractivity contribution in [2.75, 3.05) is 12.4 Å². The molecule has 1 aliphatic rings. The van der Waals surface area contributed by atoms with E-state index >= 15 is 0 Å². The van der Waals surface area contributed by atoms with Crippen molar-refractivity contribution < 1.29 is 19.6 Å². The molecule has 2 aromatic carbocycles. The van der Waals surface area contributed by atoms with Crippen molar-refractivity contribution in [1.29, 1.82) is 0 Å². The Morgan fingerprint density at radius 1 is 1.40 bits per heavy atom. The number of fused-ring (bicyclic) bond motifs is 1. The van der Waals surface area contributed by atoms with Gasteiger partial charge in [-0.2, -0.15) is 0 Å². The summed E-state index contributed by atoms with van der Waals surface area (Å²) in [6.45, 7) is 2.49. The fourth-order valence-corrected chi connectivity index (χ4v) is 6.37. The number of nitrogens with one attached hydrogen (secondary N) is 1. The molecule has 3 aromatic rings. The fourth-order valence-electron chi connectivity index (χ4n) is 3.01. The van der Waals surface area contributed by atoms with Gasteiger partial charge in [0, 0.05) is 11.8 Å². The number of benzene rings is 2. The van der Waals surface area contributed by atoms with Crippen molar-refractivity contribution in [3.63, 3.8) is 0 Å². The fraction of sp³-hybridized carbons (Fsp3) is 0.263. The lowest BCUT2D eigenvalue weighted by molar-refractivity contribution is -0.387. The van der Waals surface area contributed by atoms with Gasteiger partial charge in [0.25, 0.3) is 5.69 Å². The second kappa shape index (κ2) is 8.80. The van der Waals surface area contributed by atoms with Gasteiger partial charge in [0.15, 0.2) is 4.34 Å². The molecular formula is C19H17N3O5S3. The third kappa shape index (κ3) is 4.38. The molecule has 0 unspecified atom stereocenters. The van der Waals surface area contributed by atoms with Crippen LogP contribution in [0.5, 0.6) is 5.75 Å². The molecule has 1 aliphatic heterocycles. The molecule has 1 aromatic heterocycles. The number of carbonyl (C=O) groups is 1. The maximum absolute atomic E-state index is 11.7. The number of thiazole rings is 1. The standard InChI is InChI=1S/C19H17N3O5S3/c1-2-27-11-4-5-12-16(8-11)30-19(21-12)29-15-6-3-10(7-14(15)22(25)26)17-20-13(9-28-17)18(23)24/h3-8,13,17,20H,2,9H2,1H3,(H,23,24)/t13-,17-/m0/s1. The summed E-state index contributed by atoms with van der Waals surface area (Å²) < 4.78 is 7.17. The van der Waals surface area contributed by atoms with Gasteiger partial charge < -0.3 is 9.84 Å². The van der Waals surface area contributed by atoms with Crippen molar-refractivity contribution >= 4 is 56.7 Å². The Kier molecular flexibility index (Phi) is 6.14. The lowest BCUT2D eigenvalue weighted by Crippen LogP contribution is -2.33. The number of carboxylic acid groups (broad SMARTS) is 1. The molecule has 2 heterocycles. The molecule has 11 heteroatoms. The maximum Gasteiger partial charge on any atom is 0.321 e. The average molecular weight is 464 g/mol. The van der Waals surface area contributed by atoms with E-state index in [2.05, 4.69) is 10.3 Å². The smallest absolute Gasteiger partial charge is 0.321 e. The van der Waals surface area contributed by atoms with Crippen LogP contribution in [0, 0.1) is 10.1 Å². The van der Waals surface area contributed by atoms with Gasteiger partial charge >= 0.3 is 5.97 Å². The van der Waals surface area contributed by atoms with Gasteiger partial charge in [0.2, 0.25) is 0 Å². The molecule has 156 valence electrons. The van der Waals surface area contributed by atoms with E-state index < -0.39 is 16.9 Å². The Bertz CT molecular complexity index is 1120. The van der Waals surface area contributed by atoms with Crippen LogP contribution < -0.4 is 10.1 Å². The second-order valence-corrected chi connectivity index (χ2v) is 9.86. The van der Waals surface area contributed by atoms with E-state index in [0.717, 1.165) is 16.0 Å². The Labute approximate surface area is 184 Å². The van der Waals surface area contributed by atoms with Gasteiger partial charge in [0.05, 0.1) is 32.0 Å². The molecular weight excluding hydrogens is 446 g/mol. The first kappa shape index (κ1) is 20.9. The van der Waals surface area contributed by atoms with Crippen LogP contribution in [0.3, 0.4) is 0 Å². The normalized spacial score (nSPS) is 18.6. The summed E-state index contributed by atoms with van der Waals surface area (Å²) >= 11 is 4.13. The van der Waals surface area contributed by atoms with Gasteiger partial charge in [-0.1, -0.05) is 17.8 Å². The number of nitrogens with zero attached hydrogens (tertiary/aromatic N) is 2. The zero-order valence-electron chi connectivity index (χ0n) is 15.7. The number of aromatic nitrogens is 1. The number of thioether (sulfide) groups is 1. The quantitative estimate of drug-likeness (QED) is 0.385. The first-order valence-corrected chi connectivity index (χ1v) is 11.7. The number of hydrogen-bond acceptors (Lipinski definition) is 9. The van der Waals surface area contributed by atoms with Crippen molar-refractivity contribution in [2.24, 2.45) is 0 Å². The molecule has 8 nitrogen and oxygen atoms in total. The van der Waals surface area contributed by atoms with Crippen molar-refractivity contribution in [3.8, 4) is 5.75 Å². The molecule has 4 rings (SSSR count). The summed E-state index contributed by atoms with van der Waals surface area (Å²) in [6, 6.07) is 10.0. The first-order chi connectivity index (χ1) is 14.4.